The first-order valence-corrected chi connectivity index (χ1v) is 9.31. The molecule has 0 spiro atoms. The Balaban J connectivity index is 2.04. The fourth-order valence-corrected chi connectivity index (χ4v) is 4.50. The second-order valence-corrected chi connectivity index (χ2v) is 7.39. The van der Waals surface area contributed by atoms with Crippen LogP contribution in [0.15, 0.2) is 28.3 Å². The molecule has 24 heavy (non-hydrogen) atoms. The molecule has 1 aliphatic carbocycles. The highest BCUT2D eigenvalue weighted by Gasteiger charge is 2.40. The van der Waals surface area contributed by atoms with Gasteiger partial charge in [-0.1, -0.05) is 19.3 Å². The van der Waals surface area contributed by atoms with Crippen LogP contribution in [0.5, 0.6) is 0 Å². The van der Waals surface area contributed by atoms with Gasteiger partial charge in [-0.15, -0.1) is 11.3 Å². The highest BCUT2D eigenvalue weighted by molar-refractivity contribution is 7.11. The van der Waals surface area contributed by atoms with Crippen LogP contribution in [-0.2, 0) is 14.3 Å². The van der Waals surface area contributed by atoms with Crippen molar-refractivity contribution in [1.29, 1.82) is 0 Å². The van der Waals surface area contributed by atoms with Gasteiger partial charge in [0.2, 0.25) is 0 Å². The molecule has 1 amide bonds. The van der Waals surface area contributed by atoms with Crippen molar-refractivity contribution in [3.8, 4) is 0 Å². The van der Waals surface area contributed by atoms with E-state index in [2.05, 4.69) is 0 Å². The Morgan fingerprint density at radius 1 is 1.29 bits per heavy atom. The molecular weight excluding hydrogens is 322 g/mol. The summed E-state index contributed by atoms with van der Waals surface area (Å²) in [4.78, 5) is 28.3. The molecule has 3 rings (SSSR count). The van der Waals surface area contributed by atoms with E-state index in [9.17, 15) is 9.59 Å². The summed E-state index contributed by atoms with van der Waals surface area (Å²) >= 11 is 1.58. The Kier molecular flexibility index (Phi) is 4.90. The van der Waals surface area contributed by atoms with Crippen LogP contribution in [0, 0.1) is 6.92 Å². The molecule has 4 nitrogen and oxygen atoms in total. The number of rotatable bonds is 3. The summed E-state index contributed by atoms with van der Waals surface area (Å²) in [5.74, 6) is -0.493. The van der Waals surface area contributed by atoms with E-state index in [1.165, 1.54) is 13.5 Å². The summed E-state index contributed by atoms with van der Waals surface area (Å²) in [7, 11) is 1.37. The Morgan fingerprint density at radius 3 is 2.58 bits per heavy atom. The summed E-state index contributed by atoms with van der Waals surface area (Å²) in [6.07, 6.45) is 7.35. The second kappa shape index (κ2) is 6.93. The molecule has 0 bridgehead atoms. The minimum absolute atomic E-state index is 0.0624. The number of carbonyl (C=O) groups excluding carboxylic acids is 2. The zero-order chi connectivity index (χ0) is 17.3. The number of esters is 1. The van der Waals surface area contributed by atoms with Gasteiger partial charge < -0.3 is 9.64 Å². The zero-order valence-electron chi connectivity index (χ0n) is 14.4. The Labute approximate surface area is 146 Å². The number of aryl methyl sites for hydroxylation is 1. The van der Waals surface area contributed by atoms with Crippen molar-refractivity contribution in [3.05, 3.63) is 38.7 Å². The van der Waals surface area contributed by atoms with Crippen LogP contribution in [0.3, 0.4) is 0 Å². The number of allylic oxidation sites excluding steroid dienone is 1. The van der Waals surface area contributed by atoms with Crippen LogP contribution >= 0.6 is 11.3 Å². The molecule has 1 aromatic rings. The lowest BCUT2D eigenvalue weighted by atomic mass is 9.94. The molecule has 1 saturated carbocycles. The van der Waals surface area contributed by atoms with Crippen molar-refractivity contribution in [1.82, 2.24) is 4.90 Å². The maximum absolute atomic E-state index is 13.1. The van der Waals surface area contributed by atoms with Crippen LogP contribution in [0.4, 0.5) is 0 Å². The van der Waals surface area contributed by atoms with Crippen molar-refractivity contribution >= 4 is 29.3 Å². The number of carbonyl (C=O) groups is 2. The van der Waals surface area contributed by atoms with Crippen molar-refractivity contribution in [2.75, 3.05) is 7.11 Å². The number of thiophene rings is 1. The van der Waals surface area contributed by atoms with Gasteiger partial charge >= 0.3 is 5.97 Å². The molecule has 0 radical (unpaired) electrons. The number of nitrogens with zero attached hydrogens (tertiary/aromatic N) is 1. The van der Waals surface area contributed by atoms with E-state index in [0.29, 0.717) is 11.1 Å². The molecule has 2 aliphatic rings. The van der Waals surface area contributed by atoms with Gasteiger partial charge in [-0.05, 0) is 49.8 Å². The van der Waals surface area contributed by atoms with Gasteiger partial charge in [0.15, 0.2) is 0 Å². The Bertz CT molecular complexity index is 723. The number of methoxy groups -OCH3 is 1. The first-order valence-electron chi connectivity index (χ1n) is 8.43. The monoisotopic (exact) mass is 345 g/mol. The fraction of sp³-hybridized carbons (Fsp3) is 0.474. The highest BCUT2D eigenvalue weighted by atomic mass is 32.1. The lowest BCUT2D eigenvalue weighted by Gasteiger charge is -2.32. The molecule has 0 aromatic carbocycles. The first-order chi connectivity index (χ1) is 11.5. The summed E-state index contributed by atoms with van der Waals surface area (Å²) in [6, 6.07) is 2.21. The van der Waals surface area contributed by atoms with Crippen molar-refractivity contribution < 1.29 is 14.3 Å². The number of hydrogen-bond donors (Lipinski definition) is 0. The van der Waals surface area contributed by atoms with Gasteiger partial charge in [-0.2, -0.15) is 0 Å². The number of hydrogen-bond acceptors (Lipinski definition) is 4. The van der Waals surface area contributed by atoms with E-state index < -0.39 is 5.97 Å². The summed E-state index contributed by atoms with van der Waals surface area (Å²) < 4.78 is 4.96. The minimum Gasteiger partial charge on any atom is -0.465 e. The number of ether oxygens (including phenoxy) is 1. The minimum atomic E-state index is -0.431. The van der Waals surface area contributed by atoms with Crippen molar-refractivity contribution in [2.24, 2.45) is 0 Å². The van der Waals surface area contributed by atoms with E-state index in [1.54, 1.807) is 11.3 Å². The molecule has 0 saturated heterocycles. The van der Waals surface area contributed by atoms with E-state index in [-0.39, 0.29) is 11.9 Å². The number of amides is 1. The first kappa shape index (κ1) is 17.0. The molecule has 1 fully saturated rings. The van der Waals surface area contributed by atoms with Crippen LogP contribution in [-0.4, -0.2) is 29.9 Å². The third-order valence-electron chi connectivity index (χ3n) is 4.95. The third-order valence-corrected chi connectivity index (χ3v) is 5.91. The van der Waals surface area contributed by atoms with Gasteiger partial charge in [0.05, 0.1) is 18.3 Å². The van der Waals surface area contributed by atoms with Crippen LogP contribution in [0.25, 0.3) is 6.08 Å². The maximum atomic E-state index is 13.1. The van der Waals surface area contributed by atoms with Gasteiger partial charge in [-0.3, -0.25) is 4.79 Å². The SMILES string of the molecule is COC(=O)C1=C(C)N(C2CCCCC2)C(=O)/C1=C\c1sccc1C. The van der Waals surface area contributed by atoms with Gasteiger partial charge in [0.1, 0.15) is 0 Å². The molecular formula is C19H23NO3S. The molecule has 128 valence electrons. The normalized spacial score (nSPS) is 21.0. The molecule has 1 aliphatic heterocycles. The van der Waals surface area contributed by atoms with Gasteiger partial charge in [0, 0.05) is 16.6 Å². The molecule has 0 N–H and O–H groups in total. The Hall–Kier alpha value is -1.88. The third kappa shape index (κ3) is 2.93. The molecule has 1 aromatic heterocycles. The van der Waals surface area contributed by atoms with E-state index >= 15 is 0 Å². The van der Waals surface area contributed by atoms with Crippen LogP contribution in [0.2, 0.25) is 0 Å². The summed E-state index contributed by atoms with van der Waals surface area (Å²) in [5.41, 5.74) is 2.73. The van der Waals surface area contributed by atoms with E-state index in [0.717, 1.165) is 41.8 Å². The van der Waals surface area contributed by atoms with Crippen molar-refractivity contribution in [3.63, 3.8) is 0 Å². The summed E-state index contributed by atoms with van der Waals surface area (Å²) in [5, 5.41) is 1.99. The molecule has 0 unspecified atom stereocenters. The lowest BCUT2D eigenvalue weighted by molar-refractivity contribution is -0.136. The quantitative estimate of drug-likeness (QED) is 0.613. The second-order valence-electron chi connectivity index (χ2n) is 6.44. The average Bonchev–Trinajstić information content (AvgIpc) is 3.10. The maximum Gasteiger partial charge on any atom is 0.340 e. The van der Waals surface area contributed by atoms with Crippen LogP contribution < -0.4 is 0 Å². The summed E-state index contributed by atoms with van der Waals surface area (Å²) in [6.45, 7) is 3.87. The zero-order valence-corrected chi connectivity index (χ0v) is 15.2. The van der Waals surface area contributed by atoms with Gasteiger partial charge in [-0.25, -0.2) is 4.79 Å². The fourth-order valence-electron chi connectivity index (χ4n) is 3.64. The molecule has 5 heteroatoms. The average molecular weight is 345 g/mol. The topological polar surface area (TPSA) is 46.6 Å². The smallest absolute Gasteiger partial charge is 0.340 e. The lowest BCUT2D eigenvalue weighted by Crippen LogP contribution is -2.37. The Morgan fingerprint density at radius 2 is 2.00 bits per heavy atom. The van der Waals surface area contributed by atoms with E-state index in [4.69, 9.17) is 4.74 Å². The molecule has 2 heterocycles. The van der Waals surface area contributed by atoms with E-state index in [1.807, 2.05) is 36.3 Å². The standard InChI is InChI=1S/C19H23NO3S/c1-12-9-10-24-16(12)11-15-17(19(22)23-3)13(2)20(18(15)21)14-7-5-4-6-8-14/h9-11,14H,4-8H2,1-3H3/b15-11-. The van der Waals surface area contributed by atoms with Gasteiger partial charge in [0.25, 0.3) is 5.91 Å². The molecule has 0 atom stereocenters. The van der Waals surface area contributed by atoms with Crippen molar-refractivity contribution in [2.45, 2.75) is 52.0 Å². The largest absolute Gasteiger partial charge is 0.465 e. The van der Waals surface area contributed by atoms with Crippen LogP contribution in [0.1, 0.15) is 49.5 Å². The predicted octanol–water partition coefficient (Wildman–Crippen LogP) is 4.06. The highest BCUT2D eigenvalue weighted by Crippen LogP contribution is 2.37. The predicted molar refractivity (Wildman–Crippen MR) is 95.5 cm³/mol.